The average molecular weight is 668 g/mol. The summed E-state index contributed by atoms with van der Waals surface area (Å²) in [7, 11) is 0. The molecule has 46 heavy (non-hydrogen) atoms. The number of rotatable bonds is 11. The summed E-state index contributed by atoms with van der Waals surface area (Å²) in [4.78, 5) is 84.8. The predicted molar refractivity (Wildman–Crippen MR) is 159 cm³/mol. The fourth-order valence-corrected chi connectivity index (χ4v) is 4.85. The quantitative estimate of drug-likeness (QED) is 0.0967. The number of anilines is 1. The third-order valence-electron chi connectivity index (χ3n) is 6.51. The number of cyclic esters (lactones) is 1. The van der Waals surface area contributed by atoms with Gasteiger partial charge in [-0.15, -0.1) is 11.3 Å². The summed E-state index contributed by atoms with van der Waals surface area (Å²) in [5, 5.41) is 24.9. The molecule has 19 heteroatoms. The number of β-lactam (4-membered cyclic amide) rings is 1. The monoisotopic (exact) mass is 667 g/mol. The summed E-state index contributed by atoms with van der Waals surface area (Å²) < 4.78 is 15.7. The number of carboxylic acid groups (broad SMARTS) is 1. The molecule has 3 atom stereocenters. The van der Waals surface area contributed by atoms with E-state index in [0.717, 1.165) is 11.3 Å². The number of carbonyl (C=O) groups is 6. The molecule has 3 heterocycles. The highest BCUT2D eigenvalue weighted by Crippen LogP contribution is 2.40. The highest BCUT2D eigenvalue weighted by Gasteiger charge is 2.55. The van der Waals surface area contributed by atoms with Crippen LogP contribution in [0.15, 0.2) is 10.5 Å². The Hall–Kier alpha value is -4.68. The molecule has 18 nitrogen and oxygen atoms in total. The van der Waals surface area contributed by atoms with E-state index >= 15 is 0 Å². The van der Waals surface area contributed by atoms with Crippen LogP contribution in [0, 0.1) is 0 Å². The number of aromatic nitrogens is 1. The second kappa shape index (κ2) is 13.0. The average Bonchev–Trinajstić information content (AvgIpc) is 3.45. The number of oxime groups is 1. The smallest absolute Gasteiger partial charge is 0.413 e. The van der Waals surface area contributed by atoms with Crippen molar-refractivity contribution in [3.8, 4) is 0 Å². The lowest BCUT2D eigenvalue weighted by Crippen LogP contribution is -2.72. The third kappa shape index (κ3) is 8.95. The van der Waals surface area contributed by atoms with E-state index in [2.05, 4.69) is 31.4 Å². The van der Waals surface area contributed by atoms with Gasteiger partial charge in [-0.3, -0.25) is 14.9 Å². The minimum Gasteiger partial charge on any atom is -0.478 e. The van der Waals surface area contributed by atoms with Gasteiger partial charge in [0.1, 0.15) is 29.0 Å². The molecule has 0 spiro atoms. The Morgan fingerprint density at radius 3 is 2.37 bits per heavy atom. The van der Waals surface area contributed by atoms with Crippen molar-refractivity contribution in [1.29, 1.82) is 0 Å². The number of carboxylic acids is 1. The number of ether oxygens (including phenoxy) is 3. The maximum Gasteiger partial charge on any atom is 0.413 e. The number of carbonyl (C=O) groups excluding carboxylic acids is 5. The molecular weight excluding hydrogens is 630 g/mol. The van der Waals surface area contributed by atoms with Gasteiger partial charge < -0.3 is 45.0 Å². The zero-order valence-electron chi connectivity index (χ0n) is 26.1. The Labute approximate surface area is 267 Å². The molecule has 1 saturated carbocycles. The molecule has 3 aliphatic rings. The van der Waals surface area contributed by atoms with Crippen molar-refractivity contribution < 1.29 is 52.9 Å². The Balaban J connectivity index is 1.40. The number of thiazole rings is 1. The van der Waals surface area contributed by atoms with Crippen LogP contribution in [0.5, 0.6) is 0 Å². The number of alkyl carbamates (subject to hydrolysis) is 1. The molecule has 1 aliphatic carbocycles. The Kier molecular flexibility index (Phi) is 9.64. The molecular formula is C27H37N7O11S. The Bertz CT molecular complexity index is 1430. The normalized spacial score (nSPS) is 22.1. The molecule has 1 aromatic heterocycles. The number of nitrogens with zero attached hydrogens (tertiary/aromatic N) is 3. The minimum absolute atomic E-state index is 0.00438. The molecule has 2 aliphatic heterocycles. The maximum absolute atomic E-state index is 13.4. The van der Waals surface area contributed by atoms with Crippen LogP contribution in [0.1, 0.15) is 60.1 Å². The van der Waals surface area contributed by atoms with Gasteiger partial charge in [-0.25, -0.2) is 24.2 Å². The van der Waals surface area contributed by atoms with Crippen molar-refractivity contribution in [1.82, 2.24) is 25.8 Å². The van der Waals surface area contributed by atoms with E-state index in [4.69, 9.17) is 19.0 Å². The van der Waals surface area contributed by atoms with Gasteiger partial charge in [0.2, 0.25) is 11.5 Å². The summed E-state index contributed by atoms with van der Waals surface area (Å²) in [5.41, 5.74) is -3.55. The van der Waals surface area contributed by atoms with Crippen molar-refractivity contribution in [3.63, 3.8) is 0 Å². The zero-order chi connectivity index (χ0) is 34.0. The van der Waals surface area contributed by atoms with Crippen molar-refractivity contribution >= 4 is 58.2 Å². The first-order valence-corrected chi connectivity index (χ1v) is 15.2. The molecule has 252 valence electrons. The molecule has 0 radical (unpaired) electrons. The summed E-state index contributed by atoms with van der Waals surface area (Å²) >= 11 is 0.947. The zero-order valence-corrected chi connectivity index (χ0v) is 26.9. The van der Waals surface area contributed by atoms with E-state index < -0.39 is 76.8 Å². The maximum atomic E-state index is 13.4. The topological polar surface area (TPSA) is 236 Å². The summed E-state index contributed by atoms with van der Waals surface area (Å²) in [5.74, 6) is -2.70. The van der Waals surface area contributed by atoms with Gasteiger partial charge in [-0.1, -0.05) is 5.16 Å². The number of hydrogen-bond acceptors (Lipinski definition) is 13. The van der Waals surface area contributed by atoms with Gasteiger partial charge in [0.25, 0.3) is 5.91 Å². The number of aliphatic carboxylic acids is 1. The highest BCUT2D eigenvalue weighted by atomic mass is 32.1. The second-order valence-corrected chi connectivity index (χ2v) is 13.7. The molecule has 0 bridgehead atoms. The van der Waals surface area contributed by atoms with Gasteiger partial charge >= 0.3 is 24.2 Å². The Morgan fingerprint density at radius 2 is 1.78 bits per heavy atom. The molecule has 5 amide bonds. The summed E-state index contributed by atoms with van der Waals surface area (Å²) in [6.45, 7) is 10.3. The van der Waals surface area contributed by atoms with E-state index in [-0.39, 0.29) is 43.3 Å². The molecule has 2 saturated heterocycles. The van der Waals surface area contributed by atoms with Crippen LogP contribution < -0.4 is 21.3 Å². The van der Waals surface area contributed by atoms with Crippen molar-refractivity contribution in [2.45, 2.75) is 89.4 Å². The van der Waals surface area contributed by atoms with E-state index in [1.807, 2.05) is 0 Å². The first-order chi connectivity index (χ1) is 21.3. The van der Waals surface area contributed by atoms with E-state index in [0.29, 0.717) is 0 Å². The van der Waals surface area contributed by atoms with Crippen LogP contribution in [0.4, 0.5) is 19.5 Å². The van der Waals surface area contributed by atoms with Crippen LogP contribution in [0.3, 0.4) is 0 Å². The summed E-state index contributed by atoms with van der Waals surface area (Å²) in [6.07, 6.45) is -2.44. The molecule has 1 unspecified atom stereocenters. The molecule has 0 aromatic carbocycles. The lowest BCUT2D eigenvalue weighted by molar-refractivity contribution is -0.153. The second-order valence-electron chi connectivity index (χ2n) is 12.9. The number of amides is 5. The lowest BCUT2D eigenvalue weighted by atomic mass is 9.98. The van der Waals surface area contributed by atoms with Gasteiger partial charge in [-0.05, 0) is 41.5 Å². The van der Waals surface area contributed by atoms with E-state index in [1.165, 1.54) is 10.3 Å². The number of hydrogen-bond donors (Lipinski definition) is 5. The summed E-state index contributed by atoms with van der Waals surface area (Å²) in [6, 6.07) is -1.81. The van der Waals surface area contributed by atoms with Crippen LogP contribution in [0.2, 0.25) is 0 Å². The van der Waals surface area contributed by atoms with Gasteiger partial charge in [0.05, 0.1) is 19.1 Å². The number of nitrogens with one attached hydrogen (secondary N) is 4. The molecule has 3 fully saturated rings. The molecule has 5 N–H and O–H groups in total. The van der Waals surface area contributed by atoms with Crippen LogP contribution >= 0.6 is 11.3 Å². The first kappa shape index (κ1) is 34.2. The van der Waals surface area contributed by atoms with Crippen molar-refractivity contribution in [2.75, 3.05) is 25.0 Å². The van der Waals surface area contributed by atoms with Gasteiger partial charge in [0, 0.05) is 24.8 Å². The van der Waals surface area contributed by atoms with E-state index in [1.54, 1.807) is 41.5 Å². The standard InChI is InChI=1S/C27H37N7O11S/c1-25(2,3)43-22(39)28-9-13-10-34(24(41)42-13)11-14-16(18(35)29-14)31-19(36)17(33-45-27(7-8-27)20(37)38)15-12-46-21(30-15)32-23(40)44-26(4,5)6/h12-14,16H,7-11H2,1-6H3,(H,28,39)(H,29,35)(H,31,36)(H,37,38)(H,30,32,40)/t13?,14-,16+/m1/s1. The highest BCUT2D eigenvalue weighted by molar-refractivity contribution is 7.14. The SMILES string of the molecule is CC(C)(C)OC(=O)NCC1CN(C[C@H]2NC(=O)[C@H]2NC(=O)C(=NOC2(C(=O)O)CC2)c2csc(NC(=O)OC(C)(C)C)n2)C(=O)O1. The van der Waals surface area contributed by atoms with Crippen molar-refractivity contribution in [3.05, 3.63) is 11.1 Å². The molecule has 1 aromatic rings. The fourth-order valence-electron chi connectivity index (χ4n) is 4.17. The van der Waals surface area contributed by atoms with Crippen molar-refractivity contribution in [2.24, 2.45) is 5.16 Å². The van der Waals surface area contributed by atoms with Crippen LogP contribution in [-0.4, -0.2) is 111 Å². The lowest BCUT2D eigenvalue weighted by Gasteiger charge is -2.38. The van der Waals surface area contributed by atoms with Crippen LogP contribution in [0.25, 0.3) is 0 Å². The fraction of sp³-hybridized carbons (Fsp3) is 0.630. The predicted octanol–water partition coefficient (Wildman–Crippen LogP) is 1.16. The van der Waals surface area contributed by atoms with Crippen LogP contribution in [-0.2, 0) is 33.4 Å². The Morgan fingerprint density at radius 1 is 1.13 bits per heavy atom. The first-order valence-electron chi connectivity index (χ1n) is 14.3. The van der Waals surface area contributed by atoms with Gasteiger partial charge in [-0.2, -0.15) is 0 Å². The largest absolute Gasteiger partial charge is 0.478 e. The van der Waals surface area contributed by atoms with E-state index in [9.17, 15) is 33.9 Å². The molecule has 4 rings (SSSR count). The van der Waals surface area contributed by atoms with Gasteiger partial charge in [0.15, 0.2) is 10.8 Å². The third-order valence-corrected chi connectivity index (χ3v) is 7.27. The minimum atomic E-state index is -1.58.